The van der Waals surface area contributed by atoms with Gasteiger partial charge in [-0.25, -0.2) is 0 Å². The summed E-state index contributed by atoms with van der Waals surface area (Å²) in [6.07, 6.45) is 0. The van der Waals surface area contributed by atoms with Crippen LogP contribution in [0.25, 0.3) is 0 Å². The topological polar surface area (TPSA) is 75.5 Å². The number of amides is 1. The molecule has 1 aromatic heterocycles. The highest BCUT2D eigenvalue weighted by atomic mass is 32.1. The smallest absolute Gasteiger partial charge is 0.272 e. The van der Waals surface area contributed by atoms with E-state index in [0.717, 1.165) is 0 Å². The van der Waals surface area contributed by atoms with E-state index in [4.69, 9.17) is 0 Å². The van der Waals surface area contributed by atoms with Crippen LogP contribution in [-0.2, 0) is 0 Å². The molecule has 6 nitrogen and oxygen atoms in total. The summed E-state index contributed by atoms with van der Waals surface area (Å²) >= 11 is 1.65. The monoisotopic (exact) mass is 333 g/mol. The van der Waals surface area contributed by atoms with Crippen LogP contribution in [0.3, 0.4) is 0 Å². The SMILES string of the molecule is Cc1cc(C(=O)NC[C@@H](c2cccs2)N(C)C)ccc1[N+](=O)[O-]. The van der Waals surface area contributed by atoms with Gasteiger partial charge < -0.3 is 10.2 Å². The number of thiophene rings is 1. The molecule has 0 radical (unpaired) electrons. The minimum absolute atomic E-state index is 0.0197. The second-order valence-electron chi connectivity index (χ2n) is 5.46. The van der Waals surface area contributed by atoms with Crippen molar-refractivity contribution in [2.45, 2.75) is 13.0 Å². The van der Waals surface area contributed by atoms with Crippen LogP contribution in [0.4, 0.5) is 5.69 Å². The third-order valence-electron chi connectivity index (χ3n) is 3.61. The van der Waals surface area contributed by atoms with Crippen molar-refractivity contribution < 1.29 is 9.72 Å². The molecule has 122 valence electrons. The summed E-state index contributed by atoms with van der Waals surface area (Å²) in [4.78, 5) is 25.9. The molecule has 2 aromatic rings. The number of rotatable bonds is 6. The van der Waals surface area contributed by atoms with Crippen LogP contribution in [0.2, 0.25) is 0 Å². The highest BCUT2D eigenvalue weighted by molar-refractivity contribution is 7.10. The summed E-state index contributed by atoms with van der Waals surface area (Å²) in [7, 11) is 3.93. The average molecular weight is 333 g/mol. The molecular weight excluding hydrogens is 314 g/mol. The molecule has 1 heterocycles. The van der Waals surface area contributed by atoms with Gasteiger partial charge >= 0.3 is 0 Å². The van der Waals surface area contributed by atoms with Gasteiger partial charge in [0.1, 0.15) is 0 Å². The first-order valence-corrected chi connectivity index (χ1v) is 8.01. The summed E-state index contributed by atoms with van der Waals surface area (Å²) in [6, 6.07) is 8.51. The zero-order chi connectivity index (χ0) is 17.0. The van der Waals surface area contributed by atoms with E-state index in [1.165, 1.54) is 17.0 Å². The molecule has 0 aliphatic rings. The van der Waals surface area contributed by atoms with Crippen molar-refractivity contribution in [2.75, 3.05) is 20.6 Å². The predicted octanol–water partition coefficient (Wildman–Crippen LogP) is 3.00. The van der Waals surface area contributed by atoms with E-state index in [2.05, 4.69) is 5.32 Å². The zero-order valence-corrected chi connectivity index (χ0v) is 14.1. The van der Waals surface area contributed by atoms with E-state index in [9.17, 15) is 14.9 Å². The van der Waals surface area contributed by atoms with E-state index in [-0.39, 0.29) is 17.6 Å². The molecule has 1 atom stereocenters. The van der Waals surface area contributed by atoms with Crippen molar-refractivity contribution in [3.8, 4) is 0 Å². The van der Waals surface area contributed by atoms with Crippen molar-refractivity contribution in [1.82, 2.24) is 10.2 Å². The lowest BCUT2D eigenvalue weighted by Crippen LogP contribution is -2.34. The Kier molecular flexibility index (Phi) is 5.46. The Morgan fingerprint density at radius 1 is 1.39 bits per heavy atom. The molecule has 0 bridgehead atoms. The third-order valence-corrected chi connectivity index (χ3v) is 4.58. The molecule has 1 amide bonds. The normalized spacial score (nSPS) is 12.2. The number of nitro benzene ring substituents is 1. The standard InChI is InChI=1S/C16H19N3O3S/c1-11-9-12(6-7-13(11)19(21)22)16(20)17-10-14(18(2)3)15-5-4-8-23-15/h4-9,14H,10H2,1-3H3,(H,17,20)/t14-/m0/s1. The Morgan fingerprint density at radius 3 is 2.65 bits per heavy atom. The molecule has 1 N–H and O–H groups in total. The van der Waals surface area contributed by atoms with Crippen LogP contribution >= 0.6 is 11.3 Å². The van der Waals surface area contributed by atoms with Gasteiger partial charge in [0.25, 0.3) is 11.6 Å². The molecule has 1 aromatic carbocycles. The zero-order valence-electron chi connectivity index (χ0n) is 13.3. The summed E-state index contributed by atoms with van der Waals surface area (Å²) in [5, 5.41) is 15.7. The van der Waals surface area contributed by atoms with Gasteiger partial charge in [0, 0.05) is 28.6 Å². The Balaban J connectivity index is 2.07. The average Bonchev–Trinajstić information content (AvgIpc) is 3.00. The van der Waals surface area contributed by atoms with Crippen LogP contribution in [0, 0.1) is 17.0 Å². The Morgan fingerprint density at radius 2 is 2.13 bits per heavy atom. The molecular formula is C16H19N3O3S. The number of hydrogen-bond acceptors (Lipinski definition) is 5. The Labute approximate surface area is 138 Å². The van der Waals surface area contributed by atoms with Crippen molar-refractivity contribution in [3.05, 3.63) is 61.8 Å². The maximum Gasteiger partial charge on any atom is 0.272 e. The minimum atomic E-state index is -0.449. The number of carbonyl (C=O) groups excluding carboxylic acids is 1. The second-order valence-corrected chi connectivity index (χ2v) is 6.44. The van der Waals surface area contributed by atoms with Gasteiger partial charge in [-0.15, -0.1) is 11.3 Å². The van der Waals surface area contributed by atoms with Crippen LogP contribution in [0.1, 0.15) is 26.8 Å². The van der Waals surface area contributed by atoms with Gasteiger partial charge in [-0.3, -0.25) is 14.9 Å². The fourth-order valence-corrected chi connectivity index (χ4v) is 3.23. The lowest BCUT2D eigenvalue weighted by Gasteiger charge is -2.23. The molecule has 0 aliphatic heterocycles. The Bertz CT molecular complexity index is 699. The molecule has 0 spiro atoms. The summed E-state index contributed by atoms with van der Waals surface area (Å²) in [5.41, 5.74) is 0.924. The first-order valence-electron chi connectivity index (χ1n) is 7.13. The number of nitrogens with zero attached hydrogens (tertiary/aromatic N) is 2. The molecule has 23 heavy (non-hydrogen) atoms. The van der Waals surface area contributed by atoms with Gasteiger partial charge in [0.15, 0.2) is 0 Å². The van der Waals surface area contributed by atoms with E-state index in [1.807, 2.05) is 36.5 Å². The Hall–Kier alpha value is -2.25. The number of nitrogens with one attached hydrogen (secondary N) is 1. The van der Waals surface area contributed by atoms with E-state index in [0.29, 0.717) is 17.7 Å². The van der Waals surface area contributed by atoms with E-state index >= 15 is 0 Å². The molecule has 0 saturated heterocycles. The number of nitro groups is 1. The number of benzene rings is 1. The van der Waals surface area contributed by atoms with E-state index < -0.39 is 4.92 Å². The third kappa shape index (κ3) is 4.14. The van der Waals surface area contributed by atoms with Crippen molar-refractivity contribution in [3.63, 3.8) is 0 Å². The summed E-state index contributed by atoms with van der Waals surface area (Å²) < 4.78 is 0. The van der Waals surface area contributed by atoms with Gasteiger partial charge in [0.05, 0.1) is 11.0 Å². The van der Waals surface area contributed by atoms with Crippen LogP contribution in [0.5, 0.6) is 0 Å². The molecule has 7 heteroatoms. The number of aryl methyl sites for hydroxylation is 1. The molecule has 2 rings (SSSR count). The second kappa shape index (κ2) is 7.34. The van der Waals surface area contributed by atoms with Gasteiger partial charge in [-0.2, -0.15) is 0 Å². The molecule has 0 saturated carbocycles. The number of hydrogen-bond donors (Lipinski definition) is 1. The molecule has 0 fully saturated rings. The summed E-state index contributed by atoms with van der Waals surface area (Å²) in [6.45, 7) is 2.10. The minimum Gasteiger partial charge on any atom is -0.350 e. The number of likely N-dealkylation sites (N-methyl/N-ethyl adjacent to an activating group) is 1. The fourth-order valence-electron chi connectivity index (χ4n) is 2.31. The van der Waals surface area contributed by atoms with Crippen LogP contribution < -0.4 is 5.32 Å². The predicted molar refractivity (Wildman–Crippen MR) is 90.9 cm³/mol. The lowest BCUT2D eigenvalue weighted by atomic mass is 10.1. The maximum atomic E-state index is 12.3. The maximum absolute atomic E-state index is 12.3. The quantitative estimate of drug-likeness (QED) is 0.651. The van der Waals surface area contributed by atoms with E-state index in [1.54, 1.807) is 24.3 Å². The largest absolute Gasteiger partial charge is 0.350 e. The molecule has 0 unspecified atom stereocenters. The molecule has 0 aliphatic carbocycles. The fraction of sp³-hybridized carbons (Fsp3) is 0.312. The first kappa shape index (κ1) is 17.1. The van der Waals surface area contributed by atoms with Gasteiger partial charge in [-0.1, -0.05) is 6.07 Å². The van der Waals surface area contributed by atoms with Crippen LogP contribution in [0.15, 0.2) is 35.7 Å². The van der Waals surface area contributed by atoms with Crippen molar-refractivity contribution >= 4 is 22.9 Å². The highest BCUT2D eigenvalue weighted by Crippen LogP contribution is 2.23. The van der Waals surface area contributed by atoms with Gasteiger partial charge in [0.2, 0.25) is 0 Å². The number of carbonyl (C=O) groups is 1. The van der Waals surface area contributed by atoms with Crippen molar-refractivity contribution in [1.29, 1.82) is 0 Å². The first-order chi connectivity index (χ1) is 10.9. The highest BCUT2D eigenvalue weighted by Gasteiger charge is 2.18. The summed E-state index contributed by atoms with van der Waals surface area (Å²) in [5.74, 6) is -0.230. The van der Waals surface area contributed by atoms with Gasteiger partial charge in [-0.05, 0) is 44.6 Å². The van der Waals surface area contributed by atoms with Crippen LogP contribution in [-0.4, -0.2) is 36.4 Å². The van der Waals surface area contributed by atoms with Crippen molar-refractivity contribution in [2.24, 2.45) is 0 Å². The lowest BCUT2D eigenvalue weighted by molar-refractivity contribution is -0.385.